The van der Waals surface area contributed by atoms with Crippen molar-refractivity contribution in [2.75, 3.05) is 32.1 Å². The summed E-state index contributed by atoms with van der Waals surface area (Å²) in [4.78, 5) is 18.8. The van der Waals surface area contributed by atoms with E-state index in [0.717, 1.165) is 4.85 Å². The molecule has 0 fully saturated rings. The highest BCUT2D eigenvalue weighted by Crippen LogP contribution is 2.27. The summed E-state index contributed by atoms with van der Waals surface area (Å²) >= 11 is 6.05. The number of hydrogen-bond donors (Lipinski definition) is 1. The molecule has 0 saturated heterocycles. The molecular weight excluding hydrogens is 446 g/mol. The number of anilines is 1. The topological polar surface area (TPSA) is 116 Å². The second kappa shape index (κ2) is 9.50. The molecule has 3 aromatic rings. The molecular formula is C19H22ClN5O5S. The monoisotopic (exact) mass is 467 g/mol. The Balaban J connectivity index is 1.74. The van der Waals surface area contributed by atoms with Crippen LogP contribution >= 0.6 is 11.6 Å². The largest absolute Gasteiger partial charge is 0.495 e. The van der Waals surface area contributed by atoms with Gasteiger partial charge in [0.05, 0.1) is 17.0 Å². The van der Waals surface area contributed by atoms with Crippen LogP contribution < -0.4 is 14.9 Å². The van der Waals surface area contributed by atoms with Gasteiger partial charge in [-0.05, 0) is 41.6 Å². The van der Waals surface area contributed by atoms with Gasteiger partial charge in [-0.2, -0.15) is 4.31 Å². The average molecular weight is 468 g/mol. The molecule has 1 N–H and O–H groups in total. The smallest absolute Gasteiger partial charge is 0.265 e. The van der Waals surface area contributed by atoms with Crippen LogP contribution in [0.1, 0.15) is 13.8 Å². The van der Waals surface area contributed by atoms with Gasteiger partial charge in [0.15, 0.2) is 6.61 Å². The lowest BCUT2D eigenvalue weighted by Crippen LogP contribution is -2.30. The van der Waals surface area contributed by atoms with Crippen LogP contribution in [-0.2, 0) is 14.8 Å². The lowest BCUT2D eigenvalue weighted by molar-refractivity contribution is -0.121. The van der Waals surface area contributed by atoms with Crippen molar-refractivity contribution in [3.63, 3.8) is 0 Å². The number of nitrogens with one attached hydrogen (secondary N) is 1. The van der Waals surface area contributed by atoms with E-state index in [2.05, 4.69) is 15.6 Å². The third kappa shape index (κ3) is 4.89. The van der Waals surface area contributed by atoms with Gasteiger partial charge in [-0.15, -0.1) is 5.10 Å². The number of methoxy groups -OCH3 is 1. The molecule has 0 aliphatic rings. The Morgan fingerprint density at radius 3 is 2.58 bits per heavy atom. The fourth-order valence-corrected chi connectivity index (χ4v) is 4.64. The quantitative estimate of drug-likeness (QED) is 0.512. The van der Waals surface area contributed by atoms with Crippen molar-refractivity contribution in [1.82, 2.24) is 19.5 Å². The van der Waals surface area contributed by atoms with Crippen molar-refractivity contribution in [3.8, 4) is 5.75 Å². The van der Waals surface area contributed by atoms with Gasteiger partial charge in [0.2, 0.25) is 10.0 Å². The second-order valence-corrected chi connectivity index (χ2v) is 8.72. The molecule has 12 heteroatoms. The maximum absolute atomic E-state index is 12.8. The molecule has 1 heterocycles. The van der Waals surface area contributed by atoms with E-state index in [9.17, 15) is 13.2 Å². The predicted octanol–water partition coefficient (Wildman–Crippen LogP) is 2.19. The number of amides is 1. The van der Waals surface area contributed by atoms with Crippen molar-refractivity contribution in [2.45, 2.75) is 18.7 Å². The number of aromatic nitrogens is 3. The third-order valence-electron chi connectivity index (χ3n) is 4.48. The molecule has 2 aromatic carbocycles. The number of nitrogens with zero attached hydrogens (tertiary/aromatic N) is 4. The third-order valence-corrected chi connectivity index (χ3v) is 6.82. The summed E-state index contributed by atoms with van der Waals surface area (Å²) in [6.07, 6.45) is 0. The van der Waals surface area contributed by atoms with Crippen molar-refractivity contribution in [1.29, 1.82) is 0 Å². The summed E-state index contributed by atoms with van der Waals surface area (Å²) in [6.45, 7) is 3.85. The van der Waals surface area contributed by atoms with Gasteiger partial charge in [-0.3, -0.25) is 4.79 Å². The molecule has 166 valence electrons. The van der Waals surface area contributed by atoms with Crippen LogP contribution in [0.25, 0.3) is 11.0 Å². The number of benzene rings is 2. The SMILES string of the molecule is CCN(CC)S(=O)(=O)c1ccc2nnn(OCC(=O)Nc3ccc(OC)c(Cl)c3)c2c1. The molecule has 0 unspecified atom stereocenters. The van der Waals surface area contributed by atoms with Crippen LogP contribution in [0, 0.1) is 0 Å². The first-order valence-corrected chi connectivity index (χ1v) is 11.2. The lowest BCUT2D eigenvalue weighted by atomic mass is 10.3. The minimum Gasteiger partial charge on any atom is -0.495 e. The zero-order valence-electron chi connectivity index (χ0n) is 17.2. The lowest BCUT2D eigenvalue weighted by Gasteiger charge is -2.18. The Labute approximate surface area is 184 Å². The van der Waals surface area contributed by atoms with Gasteiger partial charge < -0.3 is 14.9 Å². The summed E-state index contributed by atoms with van der Waals surface area (Å²) in [5, 5.41) is 10.8. The van der Waals surface area contributed by atoms with E-state index >= 15 is 0 Å². The van der Waals surface area contributed by atoms with Crippen LogP contribution in [0.3, 0.4) is 0 Å². The fourth-order valence-electron chi connectivity index (χ4n) is 2.91. The Bertz CT molecular complexity index is 1190. The highest BCUT2D eigenvalue weighted by atomic mass is 35.5. The first-order valence-electron chi connectivity index (χ1n) is 9.42. The number of ether oxygens (including phenoxy) is 1. The van der Waals surface area contributed by atoms with Crippen molar-refractivity contribution in [3.05, 3.63) is 41.4 Å². The van der Waals surface area contributed by atoms with Gasteiger partial charge in [-0.25, -0.2) is 8.42 Å². The Kier molecular flexibility index (Phi) is 6.98. The number of sulfonamides is 1. The van der Waals surface area contributed by atoms with Crippen LogP contribution in [0.5, 0.6) is 5.75 Å². The summed E-state index contributed by atoms with van der Waals surface area (Å²) in [5.74, 6) is 0.0252. The summed E-state index contributed by atoms with van der Waals surface area (Å²) < 4.78 is 31.9. The number of hydrogen-bond acceptors (Lipinski definition) is 7. The maximum atomic E-state index is 12.8. The number of fused-ring (bicyclic) bond motifs is 1. The Morgan fingerprint density at radius 1 is 1.19 bits per heavy atom. The van der Waals surface area contributed by atoms with E-state index in [-0.39, 0.29) is 11.5 Å². The van der Waals surface area contributed by atoms with Gasteiger partial charge in [0.1, 0.15) is 16.8 Å². The van der Waals surface area contributed by atoms with Gasteiger partial charge in [0.25, 0.3) is 5.91 Å². The van der Waals surface area contributed by atoms with Crippen LogP contribution in [0.2, 0.25) is 5.02 Å². The van der Waals surface area contributed by atoms with Crippen molar-refractivity contribution >= 4 is 44.3 Å². The van der Waals surface area contributed by atoms with Gasteiger partial charge >= 0.3 is 0 Å². The Hall–Kier alpha value is -2.89. The summed E-state index contributed by atoms with van der Waals surface area (Å²) in [6, 6.07) is 9.24. The number of carbonyl (C=O) groups excluding carboxylic acids is 1. The Morgan fingerprint density at radius 2 is 1.94 bits per heavy atom. The van der Waals surface area contributed by atoms with E-state index < -0.39 is 15.9 Å². The normalized spacial score (nSPS) is 11.6. The first-order chi connectivity index (χ1) is 14.8. The molecule has 10 nitrogen and oxygen atoms in total. The predicted molar refractivity (Wildman–Crippen MR) is 116 cm³/mol. The maximum Gasteiger partial charge on any atom is 0.265 e. The average Bonchev–Trinajstić information content (AvgIpc) is 3.15. The van der Waals surface area contributed by atoms with Gasteiger partial charge in [0, 0.05) is 18.8 Å². The molecule has 31 heavy (non-hydrogen) atoms. The standard InChI is InChI=1S/C19H22ClN5O5S/c1-4-24(5-2)31(27,28)14-7-8-16-17(11-14)25(23-22-16)30-12-19(26)21-13-6-9-18(29-3)15(20)10-13/h6-11H,4-5,12H2,1-3H3,(H,21,26). The number of halogens is 1. The minimum absolute atomic E-state index is 0.0909. The van der Waals surface area contributed by atoms with Crippen LogP contribution in [0.4, 0.5) is 5.69 Å². The highest BCUT2D eigenvalue weighted by Gasteiger charge is 2.23. The molecule has 0 spiro atoms. The molecule has 0 bridgehead atoms. The second-order valence-electron chi connectivity index (χ2n) is 6.37. The molecule has 0 aliphatic heterocycles. The van der Waals surface area contributed by atoms with E-state index in [1.54, 1.807) is 32.0 Å². The highest BCUT2D eigenvalue weighted by molar-refractivity contribution is 7.89. The van der Waals surface area contributed by atoms with Crippen LogP contribution in [0.15, 0.2) is 41.3 Å². The molecule has 1 aromatic heterocycles. The van der Waals surface area contributed by atoms with Crippen molar-refractivity contribution < 1.29 is 22.8 Å². The van der Waals surface area contributed by atoms with Crippen molar-refractivity contribution in [2.24, 2.45) is 0 Å². The summed E-state index contributed by atoms with van der Waals surface area (Å²) in [7, 11) is -2.17. The molecule has 3 rings (SSSR count). The fraction of sp³-hybridized carbons (Fsp3) is 0.316. The van der Waals surface area contributed by atoms with E-state index in [4.69, 9.17) is 21.2 Å². The molecule has 1 amide bonds. The van der Waals surface area contributed by atoms with Gasteiger partial charge in [-0.1, -0.05) is 30.3 Å². The molecule has 0 aliphatic carbocycles. The zero-order valence-corrected chi connectivity index (χ0v) is 18.8. The van der Waals surface area contributed by atoms with E-state index in [0.29, 0.717) is 40.6 Å². The molecule has 0 radical (unpaired) electrons. The molecule has 0 atom stereocenters. The first kappa shape index (κ1) is 22.8. The minimum atomic E-state index is -3.66. The van der Waals surface area contributed by atoms with E-state index in [1.165, 1.54) is 29.6 Å². The van der Waals surface area contributed by atoms with E-state index in [1.807, 2.05) is 0 Å². The number of carbonyl (C=O) groups is 1. The van der Waals surface area contributed by atoms with Crippen LogP contribution in [-0.4, -0.2) is 60.6 Å². The number of rotatable bonds is 9. The zero-order chi connectivity index (χ0) is 22.6. The molecule has 0 saturated carbocycles. The summed E-state index contributed by atoms with van der Waals surface area (Å²) in [5.41, 5.74) is 1.23.